The molecule has 0 atom stereocenters. The van der Waals surface area contributed by atoms with Gasteiger partial charge in [-0.25, -0.2) is 0 Å². The molecule has 0 aliphatic carbocycles. The van der Waals surface area contributed by atoms with Crippen molar-refractivity contribution < 1.29 is 0 Å². The van der Waals surface area contributed by atoms with E-state index in [2.05, 4.69) is 29.2 Å². The van der Waals surface area contributed by atoms with Crippen LogP contribution in [0, 0.1) is 0 Å². The second-order valence-electron chi connectivity index (χ2n) is 2.48. The van der Waals surface area contributed by atoms with Crippen molar-refractivity contribution in [3.8, 4) is 0 Å². The van der Waals surface area contributed by atoms with Gasteiger partial charge < -0.3 is 4.90 Å². The number of hydrogen-bond acceptors (Lipinski definition) is 3. The predicted molar refractivity (Wildman–Crippen MR) is 43.4 cm³/mol. The first-order valence-corrected chi connectivity index (χ1v) is 3.75. The fraction of sp³-hybridized carbons (Fsp3) is 1.00. The smallest absolute Gasteiger partial charge is 0.0611 e. The van der Waals surface area contributed by atoms with Gasteiger partial charge in [0.25, 0.3) is 0 Å². The summed E-state index contributed by atoms with van der Waals surface area (Å²) in [6.45, 7) is 4.77. The van der Waals surface area contributed by atoms with Gasteiger partial charge in [0.05, 0.1) is 13.1 Å². The molecular weight excluding hydrogens is 126 g/mol. The highest BCUT2D eigenvalue weighted by molar-refractivity contribution is 4.45. The Morgan fingerprint density at radius 1 is 1.20 bits per heavy atom. The zero-order valence-electron chi connectivity index (χ0n) is 7.17. The molecule has 0 radical (unpaired) electrons. The van der Waals surface area contributed by atoms with Gasteiger partial charge in [0.2, 0.25) is 0 Å². The summed E-state index contributed by atoms with van der Waals surface area (Å²) in [5.41, 5.74) is 0. The topological polar surface area (TPSA) is 28.0 Å². The van der Waals surface area contributed by atoms with Gasteiger partial charge in [-0.3, -0.25) is 0 Å². The molecule has 0 heterocycles. The molecule has 0 spiro atoms. The molecule has 0 saturated carbocycles. The number of hydrogen-bond donors (Lipinski definition) is 0. The van der Waals surface area contributed by atoms with E-state index in [1.807, 2.05) is 6.92 Å². The lowest BCUT2D eigenvalue weighted by Crippen LogP contribution is -2.13. The van der Waals surface area contributed by atoms with Crippen LogP contribution in [0.2, 0.25) is 0 Å². The summed E-state index contributed by atoms with van der Waals surface area (Å²) < 4.78 is 0. The molecule has 0 amide bonds. The van der Waals surface area contributed by atoms with Crippen LogP contribution < -0.4 is 0 Å². The van der Waals surface area contributed by atoms with Gasteiger partial charge in [-0.15, -0.1) is 0 Å². The highest BCUT2D eigenvalue weighted by Gasteiger charge is 1.87. The molecule has 0 unspecified atom stereocenters. The fourth-order valence-corrected chi connectivity index (χ4v) is 0.628. The van der Waals surface area contributed by atoms with Gasteiger partial charge in [-0.05, 0) is 34.0 Å². The molecule has 60 valence electrons. The molecule has 0 aromatic rings. The molecule has 0 aliphatic heterocycles. The summed E-state index contributed by atoms with van der Waals surface area (Å²) in [4.78, 5) is 2.15. The van der Waals surface area contributed by atoms with Gasteiger partial charge >= 0.3 is 0 Å². The van der Waals surface area contributed by atoms with Crippen LogP contribution in [0.15, 0.2) is 10.2 Å². The minimum absolute atomic E-state index is 0.808. The summed E-state index contributed by atoms with van der Waals surface area (Å²) >= 11 is 0. The zero-order valence-corrected chi connectivity index (χ0v) is 7.17. The monoisotopic (exact) mass is 143 g/mol. The minimum atomic E-state index is 0.808. The summed E-state index contributed by atoms with van der Waals surface area (Å²) in [5.74, 6) is 0. The maximum Gasteiger partial charge on any atom is 0.0611 e. The van der Waals surface area contributed by atoms with Crippen molar-refractivity contribution in [2.75, 3.05) is 33.7 Å². The molecule has 3 heteroatoms. The molecule has 0 aromatic heterocycles. The van der Waals surface area contributed by atoms with E-state index in [4.69, 9.17) is 0 Å². The van der Waals surface area contributed by atoms with Crippen LogP contribution in [0.5, 0.6) is 0 Å². The van der Waals surface area contributed by atoms with E-state index < -0.39 is 0 Å². The molecule has 0 bridgehead atoms. The van der Waals surface area contributed by atoms with Gasteiger partial charge in [0, 0.05) is 0 Å². The normalized spacial score (nSPS) is 11.6. The Morgan fingerprint density at radius 3 is 2.40 bits per heavy atom. The van der Waals surface area contributed by atoms with Crippen molar-refractivity contribution in [2.45, 2.75) is 13.3 Å². The van der Waals surface area contributed by atoms with Gasteiger partial charge in [0.15, 0.2) is 0 Å². The Bertz CT molecular complexity index is 88.9. The molecule has 0 saturated heterocycles. The third-order valence-electron chi connectivity index (χ3n) is 1.10. The Morgan fingerprint density at radius 2 is 1.90 bits per heavy atom. The second-order valence-corrected chi connectivity index (χ2v) is 2.48. The highest BCUT2D eigenvalue weighted by atomic mass is 15.1. The van der Waals surface area contributed by atoms with Crippen LogP contribution >= 0.6 is 0 Å². The Balaban J connectivity index is 2.97. The molecule has 3 nitrogen and oxygen atoms in total. The average molecular weight is 143 g/mol. The van der Waals surface area contributed by atoms with Crippen LogP contribution in [-0.2, 0) is 0 Å². The van der Waals surface area contributed by atoms with Gasteiger partial charge in [-0.1, -0.05) is 0 Å². The van der Waals surface area contributed by atoms with Crippen LogP contribution in [0.1, 0.15) is 13.3 Å². The summed E-state index contributed by atoms with van der Waals surface area (Å²) in [6.07, 6.45) is 1.11. The number of azo groups is 1. The van der Waals surface area contributed by atoms with Gasteiger partial charge in [-0.2, -0.15) is 10.2 Å². The Kier molecular flexibility index (Phi) is 6.38. The quantitative estimate of drug-likeness (QED) is 0.422. The molecular formula is C7H17N3. The summed E-state index contributed by atoms with van der Waals surface area (Å²) in [5, 5.41) is 7.84. The molecule has 0 N–H and O–H groups in total. The third-order valence-corrected chi connectivity index (χ3v) is 1.10. The molecule has 0 fully saturated rings. The fourth-order valence-electron chi connectivity index (χ4n) is 0.628. The van der Waals surface area contributed by atoms with Crippen molar-refractivity contribution in [1.82, 2.24) is 4.90 Å². The Labute approximate surface area is 63.1 Å². The maximum atomic E-state index is 3.96. The van der Waals surface area contributed by atoms with Crippen molar-refractivity contribution in [3.05, 3.63) is 0 Å². The first-order valence-electron chi connectivity index (χ1n) is 3.75. The molecule has 0 aliphatic rings. The predicted octanol–water partition coefficient (Wildman–Crippen LogP) is 1.41. The van der Waals surface area contributed by atoms with Crippen LogP contribution in [0.3, 0.4) is 0 Å². The summed E-state index contributed by atoms with van der Waals surface area (Å²) in [7, 11) is 4.13. The first kappa shape index (κ1) is 9.56. The molecule has 0 aromatic carbocycles. The van der Waals surface area contributed by atoms with Gasteiger partial charge in [0.1, 0.15) is 0 Å². The van der Waals surface area contributed by atoms with E-state index in [0.717, 1.165) is 26.1 Å². The highest BCUT2D eigenvalue weighted by Crippen LogP contribution is 1.84. The average Bonchev–Trinajstić information content (AvgIpc) is 1.87. The first-order chi connectivity index (χ1) is 4.77. The van der Waals surface area contributed by atoms with Crippen molar-refractivity contribution in [2.24, 2.45) is 10.2 Å². The van der Waals surface area contributed by atoms with E-state index in [1.54, 1.807) is 0 Å². The van der Waals surface area contributed by atoms with Crippen LogP contribution in [0.4, 0.5) is 0 Å². The number of rotatable bonds is 5. The lowest BCUT2D eigenvalue weighted by molar-refractivity contribution is 0.402. The minimum Gasteiger partial charge on any atom is -0.309 e. The van der Waals surface area contributed by atoms with E-state index in [0.29, 0.717) is 0 Å². The van der Waals surface area contributed by atoms with E-state index >= 15 is 0 Å². The molecule has 0 rings (SSSR count). The Hall–Kier alpha value is -0.440. The zero-order chi connectivity index (χ0) is 7.82. The largest absolute Gasteiger partial charge is 0.309 e. The van der Waals surface area contributed by atoms with Crippen molar-refractivity contribution in [3.63, 3.8) is 0 Å². The standard InChI is InChI=1S/C7H17N3/c1-4-8-9-6-5-7-10(2)3/h4-7H2,1-3H3/b9-8-. The maximum absolute atomic E-state index is 3.96. The third kappa shape index (κ3) is 7.56. The lowest BCUT2D eigenvalue weighted by atomic mass is 10.4. The molecule has 10 heavy (non-hydrogen) atoms. The summed E-state index contributed by atoms with van der Waals surface area (Å²) in [6, 6.07) is 0. The van der Waals surface area contributed by atoms with Crippen molar-refractivity contribution in [1.29, 1.82) is 0 Å². The SMILES string of the molecule is CC/N=N\CCCN(C)C. The van der Waals surface area contributed by atoms with E-state index in [9.17, 15) is 0 Å². The van der Waals surface area contributed by atoms with Crippen molar-refractivity contribution >= 4 is 0 Å². The number of nitrogens with zero attached hydrogens (tertiary/aromatic N) is 3. The van der Waals surface area contributed by atoms with Crippen LogP contribution in [0.25, 0.3) is 0 Å². The van der Waals surface area contributed by atoms with E-state index in [1.165, 1.54) is 0 Å². The second kappa shape index (κ2) is 6.68. The van der Waals surface area contributed by atoms with E-state index in [-0.39, 0.29) is 0 Å². The van der Waals surface area contributed by atoms with Crippen LogP contribution in [-0.4, -0.2) is 38.6 Å². The lowest BCUT2D eigenvalue weighted by Gasteiger charge is -2.05.